The van der Waals surface area contributed by atoms with Crippen LogP contribution in [-0.2, 0) is 9.53 Å². The summed E-state index contributed by atoms with van der Waals surface area (Å²) in [7, 11) is 0. The number of benzene rings is 1. The zero-order valence-electron chi connectivity index (χ0n) is 17.0. The Morgan fingerprint density at radius 2 is 1.81 bits per heavy atom. The van der Waals surface area contributed by atoms with Gasteiger partial charge in [0.2, 0.25) is 0 Å². The Morgan fingerprint density at radius 3 is 2.56 bits per heavy atom. The topological polar surface area (TPSA) is 63.0 Å². The largest absolute Gasteiger partial charge is 0.356 e. The number of nitrogens with zero attached hydrogens (tertiary/aromatic N) is 5. The molecule has 1 amide bonds. The van der Waals surface area contributed by atoms with E-state index in [1.807, 2.05) is 4.90 Å². The monoisotopic (exact) mass is 443 g/mol. The summed E-state index contributed by atoms with van der Waals surface area (Å²) < 4.78 is 49.1. The lowest BCUT2D eigenvalue weighted by atomic mass is 9.89. The zero-order valence-corrected chi connectivity index (χ0v) is 17.0. The number of piperidine rings is 1. The van der Waals surface area contributed by atoms with Crippen LogP contribution >= 0.6 is 0 Å². The molecule has 0 N–H and O–H groups in total. The van der Waals surface area contributed by atoms with Crippen LogP contribution in [0.3, 0.4) is 0 Å². The minimum absolute atomic E-state index is 0.126. The molecule has 0 unspecified atom stereocenters. The number of amides is 1. The standard InChI is InChI=1S/C22H20F3N5O2/c23-14-9-13(10-15(24)11-14)17-1-2-19-29(17)21(31)22(32-19)4-7-28(8-5-22)18-3-6-26-20-16(25)12-27-30(18)20/h3,6,9-12,17,19H,1-2,4-5,7-8H2/t17-,19+/m0/s1. The van der Waals surface area contributed by atoms with Crippen molar-refractivity contribution in [2.24, 2.45) is 0 Å². The van der Waals surface area contributed by atoms with Crippen molar-refractivity contribution >= 4 is 17.4 Å². The van der Waals surface area contributed by atoms with Crippen LogP contribution in [0, 0.1) is 17.5 Å². The van der Waals surface area contributed by atoms with Gasteiger partial charge in [-0.2, -0.15) is 9.61 Å². The van der Waals surface area contributed by atoms with E-state index in [2.05, 4.69) is 10.1 Å². The van der Waals surface area contributed by atoms with Gasteiger partial charge in [0.1, 0.15) is 23.7 Å². The lowest BCUT2D eigenvalue weighted by molar-refractivity contribution is -0.140. The first-order valence-electron chi connectivity index (χ1n) is 10.6. The van der Waals surface area contributed by atoms with E-state index in [0.717, 1.165) is 12.3 Å². The average Bonchev–Trinajstić information content (AvgIpc) is 3.43. The molecule has 1 spiro atoms. The Kier molecular flexibility index (Phi) is 4.23. The molecule has 6 rings (SSSR count). The number of anilines is 1. The number of hydrogen-bond donors (Lipinski definition) is 0. The minimum atomic E-state index is -0.951. The molecular weight excluding hydrogens is 423 g/mol. The Bertz CT molecular complexity index is 1200. The summed E-state index contributed by atoms with van der Waals surface area (Å²) in [5.74, 6) is -1.22. The van der Waals surface area contributed by atoms with Crippen LogP contribution in [0.1, 0.15) is 37.3 Å². The molecule has 7 nitrogen and oxygen atoms in total. The fourth-order valence-corrected chi connectivity index (χ4v) is 5.33. The molecule has 3 fully saturated rings. The number of rotatable bonds is 2. The van der Waals surface area contributed by atoms with Crippen LogP contribution < -0.4 is 4.90 Å². The lowest BCUT2D eigenvalue weighted by Crippen LogP contribution is -2.50. The SMILES string of the molecule is O=C1N2[C@@H](CC[C@H]2c2cc(F)cc(F)c2)OC12CCN(c1ccnc3c(F)cnn13)CC2. The third-order valence-electron chi connectivity index (χ3n) is 6.82. The van der Waals surface area contributed by atoms with Crippen molar-refractivity contribution in [3.8, 4) is 0 Å². The van der Waals surface area contributed by atoms with Gasteiger partial charge in [-0.1, -0.05) is 0 Å². The van der Waals surface area contributed by atoms with Crippen LogP contribution in [0.2, 0.25) is 0 Å². The average molecular weight is 443 g/mol. The van der Waals surface area contributed by atoms with E-state index in [0.29, 0.717) is 50.2 Å². The Balaban J connectivity index is 1.24. The van der Waals surface area contributed by atoms with E-state index in [4.69, 9.17) is 4.74 Å². The van der Waals surface area contributed by atoms with Crippen LogP contribution in [0.5, 0.6) is 0 Å². The van der Waals surface area contributed by atoms with Gasteiger partial charge in [-0.15, -0.1) is 0 Å². The summed E-state index contributed by atoms with van der Waals surface area (Å²) in [5.41, 5.74) is -0.342. The van der Waals surface area contributed by atoms with Crippen LogP contribution in [0.4, 0.5) is 19.0 Å². The first-order chi connectivity index (χ1) is 15.4. The summed E-state index contributed by atoms with van der Waals surface area (Å²) in [5, 5.41) is 4.07. The number of halogens is 3. The Hall–Kier alpha value is -3.14. The van der Waals surface area contributed by atoms with Crippen molar-refractivity contribution in [1.82, 2.24) is 19.5 Å². The third kappa shape index (κ3) is 2.82. The second-order valence-corrected chi connectivity index (χ2v) is 8.59. The zero-order chi connectivity index (χ0) is 22.0. The molecule has 2 aromatic heterocycles. The second kappa shape index (κ2) is 6.93. The maximum Gasteiger partial charge on any atom is 0.257 e. The highest BCUT2D eigenvalue weighted by atomic mass is 19.1. The summed E-state index contributed by atoms with van der Waals surface area (Å²) in [6.45, 7) is 1.04. The summed E-state index contributed by atoms with van der Waals surface area (Å²) in [4.78, 5) is 21.2. The molecule has 3 saturated heterocycles. The molecule has 166 valence electrons. The van der Waals surface area contributed by atoms with E-state index in [1.165, 1.54) is 22.8 Å². The van der Waals surface area contributed by atoms with Gasteiger partial charge in [-0.05, 0) is 36.6 Å². The summed E-state index contributed by atoms with van der Waals surface area (Å²) >= 11 is 0. The van der Waals surface area contributed by atoms with E-state index in [-0.39, 0.29) is 11.6 Å². The maximum atomic E-state index is 13.9. The van der Waals surface area contributed by atoms with Gasteiger partial charge in [0.25, 0.3) is 5.91 Å². The smallest absolute Gasteiger partial charge is 0.257 e. The van der Waals surface area contributed by atoms with Gasteiger partial charge in [-0.25, -0.2) is 18.2 Å². The highest BCUT2D eigenvalue weighted by molar-refractivity contribution is 5.88. The fourth-order valence-electron chi connectivity index (χ4n) is 5.33. The van der Waals surface area contributed by atoms with Gasteiger partial charge in [0.05, 0.1) is 12.2 Å². The van der Waals surface area contributed by atoms with Crippen LogP contribution in [-0.4, -0.2) is 50.3 Å². The van der Waals surface area contributed by atoms with E-state index >= 15 is 0 Å². The third-order valence-corrected chi connectivity index (χ3v) is 6.82. The summed E-state index contributed by atoms with van der Waals surface area (Å²) in [6.07, 6.45) is 4.41. The Morgan fingerprint density at radius 1 is 1.06 bits per heavy atom. The molecule has 0 saturated carbocycles. The first-order valence-corrected chi connectivity index (χ1v) is 10.6. The van der Waals surface area contributed by atoms with Gasteiger partial charge in [0, 0.05) is 38.2 Å². The second-order valence-electron chi connectivity index (χ2n) is 8.59. The van der Waals surface area contributed by atoms with Crippen molar-refractivity contribution < 1.29 is 22.7 Å². The maximum absolute atomic E-state index is 13.9. The van der Waals surface area contributed by atoms with Gasteiger partial charge < -0.3 is 14.5 Å². The molecule has 5 heterocycles. The van der Waals surface area contributed by atoms with Gasteiger partial charge in [0.15, 0.2) is 17.1 Å². The van der Waals surface area contributed by atoms with Crippen LogP contribution in [0.25, 0.3) is 5.65 Å². The highest BCUT2D eigenvalue weighted by Gasteiger charge is 2.58. The number of ether oxygens (including phenoxy) is 1. The predicted molar refractivity (Wildman–Crippen MR) is 107 cm³/mol. The van der Waals surface area contributed by atoms with Crippen molar-refractivity contribution in [1.29, 1.82) is 0 Å². The van der Waals surface area contributed by atoms with Crippen molar-refractivity contribution in [2.75, 3.05) is 18.0 Å². The van der Waals surface area contributed by atoms with E-state index in [1.54, 1.807) is 11.0 Å². The number of aromatic nitrogens is 3. The summed E-state index contributed by atoms with van der Waals surface area (Å²) in [6, 6.07) is 4.77. The van der Waals surface area contributed by atoms with Gasteiger partial charge in [-0.3, -0.25) is 4.79 Å². The number of carbonyl (C=O) groups excluding carboxylic acids is 1. The first kappa shape index (κ1) is 19.5. The molecule has 3 aliphatic heterocycles. The molecule has 0 aliphatic carbocycles. The number of fused-ring (bicyclic) bond motifs is 2. The normalized spacial score (nSPS) is 24.7. The molecule has 32 heavy (non-hydrogen) atoms. The molecule has 0 bridgehead atoms. The molecule has 0 radical (unpaired) electrons. The molecule has 2 atom stereocenters. The lowest BCUT2D eigenvalue weighted by Gasteiger charge is -2.38. The highest BCUT2D eigenvalue weighted by Crippen LogP contribution is 2.48. The molecule has 3 aromatic rings. The molecule has 1 aromatic carbocycles. The van der Waals surface area contributed by atoms with Crippen molar-refractivity contribution in [2.45, 2.75) is 43.6 Å². The number of carbonyl (C=O) groups is 1. The molecule has 10 heteroatoms. The Labute approximate surface area is 181 Å². The van der Waals surface area contributed by atoms with Crippen molar-refractivity contribution in [3.63, 3.8) is 0 Å². The van der Waals surface area contributed by atoms with Crippen LogP contribution in [0.15, 0.2) is 36.7 Å². The predicted octanol–water partition coefficient (Wildman–Crippen LogP) is 3.21. The molecular formula is C22H20F3N5O2. The van der Waals surface area contributed by atoms with Crippen molar-refractivity contribution in [3.05, 3.63) is 59.7 Å². The molecule has 3 aliphatic rings. The fraction of sp³-hybridized carbons (Fsp3) is 0.409. The quantitative estimate of drug-likeness (QED) is 0.609. The minimum Gasteiger partial charge on any atom is -0.356 e. The van der Waals surface area contributed by atoms with E-state index in [9.17, 15) is 18.0 Å². The van der Waals surface area contributed by atoms with E-state index < -0.39 is 35.3 Å². The number of hydrogen-bond acceptors (Lipinski definition) is 5. The van der Waals surface area contributed by atoms with Gasteiger partial charge >= 0.3 is 0 Å².